The summed E-state index contributed by atoms with van der Waals surface area (Å²) < 4.78 is 0. The fourth-order valence-corrected chi connectivity index (χ4v) is 6.01. The highest BCUT2D eigenvalue weighted by molar-refractivity contribution is 5.87. The Hall–Kier alpha value is -2.86. The van der Waals surface area contributed by atoms with Crippen LogP contribution in [-0.2, 0) is 18.3 Å². The number of hydrogen-bond donors (Lipinski definition) is 0. The van der Waals surface area contributed by atoms with Gasteiger partial charge in [0.1, 0.15) is 0 Å². The lowest BCUT2D eigenvalue weighted by Gasteiger charge is -2.28. The first kappa shape index (κ1) is 18.9. The van der Waals surface area contributed by atoms with Crippen molar-refractivity contribution in [2.45, 2.75) is 57.8 Å². The molecular formula is C31H30. The van der Waals surface area contributed by atoms with Gasteiger partial charge in [0.05, 0.1) is 0 Å². The lowest BCUT2D eigenvalue weighted by atomic mass is 9.74. The Morgan fingerprint density at radius 1 is 0.581 bits per heavy atom. The van der Waals surface area contributed by atoms with E-state index in [1.807, 2.05) is 0 Å². The highest BCUT2D eigenvalue weighted by Crippen LogP contribution is 2.56. The smallest absolute Gasteiger partial charge is 0.0296 e. The van der Waals surface area contributed by atoms with Crippen LogP contribution in [0.25, 0.3) is 21.9 Å². The molecule has 0 bridgehead atoms. The lowest BCUT2D eigenvalue weighted by molar-refractivity contribution is 0.561. The van der Waals surface area contributed by atoms with Gasteiger partial charge in [-0.2, -0.15) is 0 Å². The van der Waals surface area contributed by atoms with E-state index in [0.29, 0.717) is 11.8 Å². The molecule has 0 atom stereocenters. The molecule has 0 unspecified atom stereocenters. The zero-order valence-electron chi connectivity index (χ0n) is 19.0. The molecule has 0 saturated carbocycles. The molecule has 0 N–H and O–H groups in total. The maximum absolute atomic E-state index is 2.53. The molecule has 4 aromatic rings. The monoisotopic (exact) mass is 402 g/mol. The van der Waals surface area contributed by atoms with E-state index in [0.717, 1.165) is 12.8 Å². The van der Waals surface area contributed by atoms with Gasteiger partial charge in [0, 0.05) is 5.41 Å². The number of hydrogen-bond acceptors (Lipinski definition) is 0. The van der Waals surface area contributed by atoms with Gasteiger partial charge in [0.15, 0.2) is 0 Å². The third-order valence-electron chi connectivity index (χ3n) is 7.79. The van der Waals surface area contributed by atoms with Crippen molar-refractivity contribution < 1.29 is 0 Å². The highest BCUT2D eigenvalue weighted by Gasteiger charge is 2.47. The Balaban J connectivity index is 1.61. The highest BCUT2D eigenvalue weighted by atomic mass is 14.5. The molecule has 0 fully saturated rings. The third kappa shape index (κ3) is 2.67. The number of benzene rings is 4. The van der Waals surface area contributed by atoms with Crippen LogP contribution >= 0.6 is 0 Å². The molecule has 0 radical (unpaired) electrons. The van der Waals surface area contributed by atoms with E-state index in [2.05, 4.69) is 100 Å². The Morgan fingerprint density at radius 3 is 1.45 bits per heavy atom. The van der Waals surface area contributed by atoms with E-state index in [9.17, 15) is 0 Å². The summed E-state index contributed by atoms with van der Waals surface area (Å²) in [6.07, 6.45) is 2.21. The molecule has 0 heterocycles. The van der Waals surface area contributed by atoms with Crippen LogP contribution < -0.4 is 0 Å². The van der Waals surface area contributed by atoms with Crippen molar-refractivity contribution in [2.24, 2.45) is 0 Å². The van der Waals surface area contributed by atoms with Crippen LogP contribution in [0.4, 0.5) is 0 Å². The van der Waals surface area contributed by atoms with E-state index in [-0.39, 0.29) is 5.41 Å². The Bertz CT molecular complexity index is 1230. The summed E-state index contributed by atoms with van der Waals surface area (Å²) in [5.74, 6) is 1.09. The van der Waals surface area contributed by atoms with Gasteiger partial charge in [-0.15, -0.1) is 0 Å². The van der Waals surface area contributed by atoms with Gasteiger partial charge in [-0.3, -0.25) is 0 Å². The van der Waals surface area contributed by atoms with Crippen molar-refractivity contribution in [1.29, 1.82) is 0 Å². The first-order valence-electron chi connectivity index (χ1n) is 11.8. The maximum atomic E-state index is 2.53. The predicted octanol–water partition coefficient (Wildman–Crippen LogP) is 8.15. The molecule has 31 heavy (non-hydrogen) atoms. The van der Waals surface area contributed by atoms with E-state index in [4.69, 9.17) is 0 Å². The van der Waals surface area contributed by atoms with E-state index in [1.54, 1.807) is 11.1 Å². The van der Waals surface area contributed by atoms with Crippen LogP contribution in [0.15, 0.2) is 72.8 Å². The molecule has 4 aromatic carbocycles. The van der Waals surface area contributed by atoms with Crippen molar-refractivity contribution in [3.05, 3.63) is 106 Å². The zero-order valence-corrected chi connectivity index (χ0v) is 19.0. The second kappa shape index (κ2) is 6.57. The van der Waals surface area contributed by atoms with Crippen LogP contribution in [0.1, 0.15) is 72.9 Å². The summed E-state index contributed by atoms with van der Waals surface area (Å²) in [5.41, 5.74) is 12.0. The lowest BCUT2D eigenvalue weighted by Crippen LogP contribution is -2.26. The van der Waals surface area contributed by atoms with Crippen molar-refractivity contribution in [3.63, 3.8) is 0 Å². The zero-order chi connectivity index (χ0) is 21.3. The van der Waals surface area contributed by atoms with Gasteiger partial charge < -0.3 is 0 Å². The van der Waals surface area contributed by atoms with Crippen LogP contribution in [0.5, 0.6) is 0 Å². The number of rotatable bonds is 2. The fourth-order valence-electron chi connectivity index (χ4n) is 6.01. The summed E-state index contributed by atoms with van der Waals surface area (Å²) in [4.78, 5) is 0. The molecule has 2 aliphatic carbocycles. The third-order valence-corrected chi connectivity index (χ3v) is 7.79. The average molecular weight is 403 g/mol. The first-order chi connectivity index (χ1) is 15.0. The molecule has 0 nitrogen and oxygen atoms in total. The summed E-state index contributed by atoms with van der Waals surface area (Å²) in [5, 5.41) is 2.73. The molecule has 154 valence electrons. The van der Waals surface area contributed by atoms with Crippen LogP contribution in [0, 0.1) is 0 Å². The Labute approximate surface area is 186 Å². The second-order valence-corrected chi connectivity index (χ2v) is 10.3. The van der Waals surface area contributed by atoms with Crippen molar-refractivity contribution >= 4 is 10.8 Å². The molecule has 0 heteroatoms. The first-order valence-corrected chi connectivity index (χ1v) is 11.8. The van der Waals surface area contributed by atoms with Crippen LogP contribution in [-0.4, -0.2) is 0 Å². The molecule has 0 saturated heterocycles. The molecular weight excluding hydrogens is 372 g/mol. The summed E-state index contributed by atoms with van der Waals surface area (Å²) in [7, 11) is 0. The van der Waals surface area contributed by atoms with Gasteiger partial charge in [0.25, 0.3) is 0 Å². The van der Waals surface area contributed by atoms with Gasteiger partial charge in [-0.25, -0.2) is 0 Å². The minimum absolute atomic E-state index is 0.0696. The number of fused-ring (bicyclic) bond motifs is 7. The molecule has 0 aliphatic heterocycles. The Kier molecular flexibility index (Phi) is 4.00. The van der Waals surface area contributed by atoms with Crippen LogP contribution in [0.3, 0.4) is 0 Å². The normalized spacial score (nSPS) is 15.7. The quantitative estimate of drug-likeness (QED) is 0.317. The van der Waals surface area contributed by atoms with E-state index >= 15 is 0 Å². The topological polar surface area (TPSA) is 0 Å². The molecule has 2 aliphatic rings. The average Bonchev–Trinajstić information content (AvgIpc) is 3.27. The van der Waals surface area contributed by atoms with Gasteiger partial charge in [-0.05, 0) is 80.0 Å². The summed E-state index contributed by atoms with van der Waals surface area (Å²) in [6, 6.07) is 28.3. The minimum atomic E-state index is 0.0696. The molecule has 0 amide bonds. The molecule has 1 spiro atoms. The SMILES string of the molecule is CC(C)c1ccc2c(c1)C1(Cc3cc4ccccc4cc3C1)c1cc(C(C)C)ccc1-2. The standard InChI is InChI=1S/C31H30/c1-19(2)21-9-11-27-28-12-10-22(20(3)4)16-30(28)31(29(27)15-21)17-25-13-23-7-5-6-8-24(23)14-26(25)18-31/h5-16,19-20H,17-18H2,1-4H3. The second-order valence-electron chi connectivity index (χ2n) is 10.3. The van der Waals surface area contributed by atoms with Crippen molar-refractivity contribution in [3.8, 4) is 11.1 Å². The molecule has 0 aromatic heterocycles. The van der Waals surface area contributed by atoms with Crippen molar-refractivity contribution in [1.82, 2.24) is 0 Å². The predicted molar refractivity (Wildman–Crippen MR) is 132 cm³/mol. The summed E-state index contributed by atoms with van der Waals surface area (Å²) in [6.45, 7) is 9.24. The molecule has 6 rings (SSSR count). The Morgan fingerprint density at radius 2 is 1.03 bits per heavy atom. The van der Waals surface area contributed by atoms with Gasteiger partial charge in [-0.1, -0.05) is 100 Å². The van der Waals surface area contributed by atoms with Gasteiger partial charge in [0.2, 0.25) is 0 Å². The van der Waals surface area contributed by atoms with Crippen LogP contribution in [0.2, 0.25) is 0 Å². The maximum Gasteiger partial charge on any atom is 0.0296 e. The fraction of sp³-hybridized carbons (Fsp3) is 0.290. The van der Waals surface area contributed by atoms with Gasteiger partial charge >= 0.3 is 0 Å². The summed E-state index contributed by atoms with van der Waals surface area (Å²) >= 11 is 0. The van der Waals surface area contributed by atoms with E-state index in [1.165, 1.54) is 44.2 Å². The van der Waals surface area contributed by atoms with Crippen molar-refractivity contribution in [2.75, 3.05) is 0 Å². The largest absolute Gasteiger partial charge is 0.0616 e. The van der Waals surface area contributed by atoms with E-state index < -0.39 is 0 Å². The minimum Gasteiger partial charge on any atom is -0.0616 e.